The van der Waals surface area contributed by atoms with E-state index in [0.717, 1.165) is 0 Å². The van der Waals surface area contributed by atoms with Gasteiger partial charge in [0.2, 0.25) is 0 Å². The van der Waals surface area contributed by atoms with Crippen molar-refractivity contribution in [2.24, 2.45) is 0 Å². The molecule has 6 N–H and O–H groups in total. The molecule has 18 nitrogen and oxygen atoms in total. The van der Waals surface area contributed by atoms with Gasteiger partial charge in [0, 0.05) is 38.8 Å². The Bertz CT molecular complexity index is 1400. The van der Waals surface area contributed by atoms with Crippen LogP contribution in [-0.4, -0.2) is 129 Å². The molecule has 2 aliphatic rings. The van der Waals surface area contributed by atoms with Crippen LogP contribution in [0.25, 0.3) is 11.2 Å². The zero-order chi connectivity index (χ0) is 31.5. The highest BCUT2D eigenvalue weighted by Gasteiger charge is 2.44. The molecule has 0 spiro atoms. The summed E-state index contributed by atoms with van der Waals surface area (Å²) in [6.07, 6.45) is -3.67. The number of rotatable bonds is 9. The van der Waals surface area contributed by atoms with Gasteiger partial charge in [-0.25, -0.2) is 29.3 Å². The Kier molecular flexibility index (Phi) is 9.92. The normalized spacial score (nSPS) is 25.2. The summed E-state index contributed by atoms with van der Waals surface area (Å²) in [5.41, 5.74) is 5.80. The van der Waals surface area contributed by atoms with E-state index in [9.17, 15) is 28.2 Å². The van der Waals surface area contributed by atoms with Gasteiger partial charge in [-0.1, -0.05) is 0 Å². The number of aromatic nitrogens is 4. The molecule has 1 unspecified atom stereocenters. The molecule has 0 aromatic carbocycles. The summed E-state index contributed by atoms with van der Waals surface area (Å²) in [6.45, 7) is 8.81. The van der Waals surface area contributed by atoms with Gasteiger partial charge in [-0.05, 0) is 34.1 Å². The van der Waals surface area contributed by atoms with Crippen molar-refractivity contribution < 1.29 is 42.4 Å². The highest BCUT2D eigenvalue weighted by molar-refractivity contribution is 7.88. The molecule has 2 saturated heterocycles. The van der Waals surface area contributed by atoms with Crippen molar-refractivity contribution in [3.05, 3.63) is 12.7 Å². The van der Waals surface area contributed by atoms with Crippen molar-refractivity contribution in [3.8, 4) is 0 Å². The average molecular weight is 630 g/mol. The molecule has 2 fully saturated rings. The fourth-order valence-electron chi connectivity index (χ4n) is 4.84. The highest BCUT2D eigenvalue weighted by Crippen LogP contribution is 2.33. The van der Waals surface area contributed by atoms with Crippen molar-refractivity contribution in [1.29, 1.82) is 0 Å². The Hall–Kier alpha value is -3.36. The van der Waals surface area contributed by atoms with Crippen molar-refractivity contribution >= 4 is 39.4 Å². The summed E-state index contributed by atoms with van der Waals surface area (Å²) < 4.78 is 46.3. The Morgan fingerprint density at radius 2 is 1.93 bits per heavy atom. The lowest BCUT2D eigenvalue weighted by Crippen LogP contribution is -2.55. The fourth-order valence-corrected chi connectivity index (χ4v) is 5.58. The van der Waals surface area contributed by atoms with Crippen LogP contribution in [0, 0.1) is 0 Å². The van der Waals surface area contributed by atoms with Crippen LogP contribution in [0.15, 0.2) is 12.7 Å². The molecule has 4 heterocycles. The van der Waals surface area contributed by atoms with Crippen LogP contribution in [0.1, 0.15) is 40.3 Å². The predicted octanol–water partition coefficient (Wildman–Crippen LogP) is -1.08. The number of piperazine rings is 1. The van der Waals surface area contributed by atoms with Gasteiger partial charge < -0.3 is 35.1 Å². The number of nitrogen functional groups attached to an aromatic ring is 1. The predicted molar refractivity (Wildman–Crippen MR) is 151 cm³/mol. The number of nitrogens with two attached hydrogens (primary N) is 1. The number of carbonyl (C=O) groups is 2. The van der Waals surface area contributed by atoms with Crippen LogP contribution in [0.5, 0.6) is 0 Å². The molecule has 19 heteroatoms. The number of nitrogens with one attached hydrogen (secondary N) is 2. The number of ether oxygens (including phenoxy) is 3. The lowest BCUT2D eigenvalue weighted by molar-refractivity contribution is -0.0363. The second-order valence-corrected chi connectivity index (χ2v) is 12.9. The van der Waals surface area contributed by atoms with Crippen LogP contribution in [0.2, 0.25) is 0 Å². The van der Waals surface area contributed by atoms with Crippen molar-refractivity contribution in [3.63, 3.8) is 0 Å². The van der Waals surface area contributed by atoms with E-state index in [0.29, 0.717) is 37.3 Å². The lowest BCUT2D eigenvalue weighted by Gasteiger charge is -2.40. The van der Waals surface area contributed by atoms with Crippen LogP contribution < -0.4 is 15.2 Å². The molecule has 2 aromatic rings. The smallest absolute Gasteiger partial charge is 0.421 e. The van der Waals surface area contributed by atoms with Gasteiger partial charge in [-0.15, -0.1) is 0 Å². The minimum atomic E-state index is -4.28. The maximum Gasteiger partial charge on any atom is 0.421 e. The molecule has 0 saturated carbocycles. The van der Waals surface area contributed by atoms with Crippen molar-refractivity contribution in [2.45, 2.75) is 70.3 Å². The van der Waals surface area contributed by atoms with E-state index in [-0.39, 0.29) is 37.5 Å². The number of fused-ring (bicyclic) bond motifs is 1. The van der Waals surface area contributed by atoms with Crippen molar-refractivity contribution in [2.75, 3.05) is 45.1 Å². The first-order chi connectivity index (χ1) is 20.1. The molecule has 0 aliphatic carbocycles. The van der Waals surface area contributed by atoms with Gasteiger partial charge in [0.25, 0.3) is 0 Å². The van der Waals surface area contributed by atoms with E-state index >= 15 is 0 Å². The number of nitrogens with zero attached hydrogens (tertiary/aromatic N) is 6. The van der Waals surface area contributed by atoms with Crippen molar-refractivity contribution in [1.82, 2.24) is 38.8 Å². The summed E-state index contributed by atoms with van der Waals surface area (Å²) in [5.74, 6) is 0.140. The molecule has 43 heavy (non-hydrogen) atoms. The van der Waals surface area contributed by atoms with E-state index in [1.54, 1.807) is 30.4 Å². The molecule has 0 radical (unpaired) electrons. The molecule has 5 atom stereocenters. The maximum atomic E-state index is 12.3. The van der Waals surface area contributed by atoms with Crippen LogP contribution in [-0.2, 0) is 24.4 Å². The Morgan fingerprint density at radius 3 is 2.63 bits per heavy atom. The van der Waals surface area contributed by atoms with Gasteiger partial charge in [0.1, 0.15) is 36.3 Å². The standard InChI is InChI=1S/C24H39N9O9S/c1-14-11-32(23(37)42-24(2,3)4)8-7-31(14)9-10-40-22(36)30-43(38,39)29-6-5-15-17(34)18(35)21(41-15)33-13-28-16-19(25)26-12-27-20(16)33/h12-15,17-18,21,29,34-35H,5-11H2,1-4H3,(H,30,36)(H2,25,26,27)/t14?,15-,17-,18-,21-/m1/s1. The largest absolute Gasteiger partial charge is 0.447 e. The molecule has 0 bridgehead atoms. The highest BCUT2D eigenvalue weighted by atomic mass is 32.2. The first-order valence-electron chi connectivity index (χ1n) is 13.8. The summed E-state index contributed by atoms with van der Waals surface area (Å²) in [4.78, 5) is 40.1. The first kappa shape index (κ1) is 32.6. The number of imidazole rings is 1. The van der Waals surface area contributed by atoms with Crippen LogP contribution in [0.3, 0.4) is 0 Å². The number of aliphatic hydroxyl groups excluding tert-OH is 2. The van der Waals surface area contributed by atoms with Gasteiger partial charge in [-0.3, -0.25) is 9.47 Å². The Labute approximate surface area is 248 Å². The Balaban J connectivity index is 1.17. The second-order valence-electron chi connectivity index (χ2n) is 11.4. The van der Waals surface area contributed by atoms with Crippen LogP contribution >= 0.6 is 0 Å². The molecule has 2 aliphatic heterocycles. The second kappa shape index (κ2) is 13.1. The third-order valence-corrected chi connectivity index (χ3v) is 7.99. The summed E-state index contributed by atoms with van der Waals surface area (Å²) >= 11 is 0. The van der Waals surface area contributed by atoms with Crippen LogP contribution in [0.4, 0.5) is 15.4 Å². The minimum absolute atomic E-state index is 0.0245. The summed E-state index contributed by atoms with van der Waals surface area (Å²) in [5, 5.41) is 21.0. The van der Waals surface area contributed by atoms with Gasteiger partial charge in [0.15, 0.2) is 17.7 Å². The number of hydrogen-bond acceptors (Lipinski definition) is 14. The first-order valence-corrected chi connectivity index (χ1v) is 15.2. The molecule has 2 amide bonds. The lowest BCUT2D eigenvalue weighted by atomic mass is 10.1. The number of carbonyl (C=O) groups excluding carboxylic acids is 2. The molecule has 4 rings (SSSR count). The third-order valence-electron chi connectivity index (χ3n) is 6.97. The zero-order valence-electron chi connectivity index (χ0n) is 24.4. The number of amides is 2. The van der Waals surface area contributed by atoms with E-state index < -0.39 is 46.4 Å². The monoisotopic (exact) mass is 629 g/mol. The van der Waals surface area contributed by atoms with E-state index in [4.69, 9.17) is 19.9 Å². The Morgan fingerprint density at radius 1 is 1.19 bits per heavy atom. The van der Waals surface area contributed by atoms with E-state index in [1.807, 2.05) is 11.8 Å². The SMILES string of the molecule is CC1CN(C(=O)OC(C)(C)C)CCN1CCOC(=O)NS(=O)(=O)NCC[C@H]1O[C@@H](n2cnc3c(N)ncnc32)[C@H](O)[C@@H]1O. The third kappa shape index (κ3) is 8.18. The number of hydrogen-bond donors (Lipinski definition) is 5. The van der Waals surface area contributed by atoms with Gasteiger partial charge >= 0.3 is 22.4 Å². The van der Waals surface area contributed by atoms with E-state index in [1.165, 1.54) is 17.2 Å². The molecule has 2 aromatic heterocycles. The van der Waals surface area contributed by atoms with Gasteiger partial charge in [-0.2, -0.15) is 13.1 Å². The average Bonchev–Trinajstić information content (AvgIpc) is 3.45. The molecular formula is C24H39N9O9S. The zero-order valence-corrected chi connectivity index (χ0v) is 25.2. The quantitative estimate of drug-likeness (QED) is 0.222. The summed E-state index contributed by atoms with van der Waals surface area (Å²) in [7, 11) is -4.28. The number of anilines is 1. The summed E-state index contributed by atoms with van der Waals surface area (Å²) in [6, 6.07) is -0.0245. The molecule has 240 valence electrons. The maximum absolute atomic E-state index is 12.3. The topological polar surface area (TPSA) is 237 Å². The van der Waals surface area contributed by atoms with Gasteiger partial charge in [0.05, 0.1) is 12.4 Å². The van der Waals surface area contributed by atoms with E-state index in [2.05, 4.69) is 19.7 Å². The number of aliphatic hydroxyl groups is 2. The fraction of sp³-hybridized carbons (Fsp3) is 0.708. The molecular weight excluding hydrogens is 590 g/mol. The minimum Gasteiger partial charge on any atom is -0.447 e.